The third-order valence-electron chi connectivity index (χ3n) is 9.92. The smallest absolute Gasteiger partial charge is 0.497 e. The number of thioether (sulfide) groups is 2. The van der Waals surface area contributed by atoms with Gasteiger partial charge in [-0.1, -0.05) is 24.3 Å². The number of hydrogen-bond acceptors (Lipinski definition) is 19. The van der Waals surface area contributed by atoms with E-state index in [-0.39, 0.29) is 11.5 Å². The van der Waals surface area contributed by atoms with Crippen LogP contribution in [0, 0.1) is 20.2 Å². The number of benzene rings is 4. The van der Waals surface area contributed by atoms with Gasteiger partial charge >= 0.3 is 6.16 Å². The molecule has 2 amide bonds. The van der Waals surface area contributed by atoms with E-state index in [1.165, 1.54) is 14.2 Å². The molecule has 4 N–H and O–H groups in total. The average molecular weight is 995 g/mol. The number of nitro benzene ring substituents is 2. The van der Waals surface area contributed by atoms with Gasteiger partial charge in [0.1, 0.15) is 33.7 Å². The minimum Gasteiger partial charge on any atom is -0.497 e. The van der Waals surface area contributed by atoms with E-state index in [1.54, 1.807) is 48.5 Å². The second-order valence-electron chi connectivity index (χ2n) is 14.2. The van der Waals surface area contributed by atoms with Crippen molar-refractivity contribution in [3.8, 4) is 23.0 Å². The van der Waals surface area contributed by atoms with Crippen LogP contribution in [0.4, 0.5) is 16.2 Å². The summed E-state index contributed by atoms with van der Waals surface area (Å²) in [5.41, 5.74) is -4.06. The van der Waals surface area contributed by atoms with Crippen molar-refractivity contribution in [2.75, 3.05) is 14.2 Å². The first kappa shape index (κ1) is 52.6. The number of nitro groups is 2. The highest BCUT2D eigenvalue weighted by Crippen LogP contribution is 2.38. The molecular formula is C41H46N4O17S4. The number of non-ortho nitro benzene ring substituents is 2. The van der Waals surface area contributed by atoms with Gasteiger partial charge in [-0.25, -0.2) is 21.6 Å². The molecule has 25 heteroatoms. The van der Waals surface area contributed by atoms with E-state index >= 15 is 0 Å². The van der Waals surface area contributed by atoms with E-state index < -0.39 is 114 Å². The fourth-order valence-electron chi connectivity index (χ4n) is 5.94. The fraction of sp³-hybridized carbons (Fsp3) is 0.341. The van der Waals surface area contributed by atoms with Gasteiger partial charge in [-0.15, -0.1) is 23.5 Å². The van der Waals surface area contributed by atoms with E-state index in [1.807, 2.05) is 0 Å². The van der Waals surface area contributed by atoms with Crippen LogP contribution in [-0.2, 0) is 40.8 Å². The third kappa shape index (κ3) is 13.5. The zero-order valence-corrected chi connectivity index (χ0v) is 39.3. The van der Waals surface area contributed by atoms with Gasteiger partial charge in [0.2, 0.25) is 0 Å². The second-order valence-corrected chi connectivity index (χ2v) is 21.5. The first-order valence-electron chi connectivity index (χ1n) is 19.4. The maximum atomic E-state index is 13.8. The molecule has 6 atom stereocenters. The zero-order chi connectivity index (χ0) is 49.1. The van der Waals surface area contributed by atoms with Crippen LogP contribution in [0.1, 0.15) is 60.4 Å². The molecule has 6 unspecified atom stereocenters. The van der Waals surface area contributed by atoms with Crippen LogP contribution in [0.15, 0.2) is 84.9 Å². The molecule has 0 bridgehead atoms. The number of rotatable bonds is 22. The van der Waals surface area contributed by atoms with Crippen LogP contribution in [0.2, 0.25) is 0 Å². The van der Waals surface area contributed by atoms with Gasteiger partial charge < -0.3 is 39.8 Å². The quantitative estimate of drug-likeness (QED) is 0.0249. The number of amides is 2. The Morgan fingerprint density at radius 3 is 1.24 bits per heavy atom. The molecule has 0 saturated heterocycles. The lowest BCUT2D eigenvalue weighted by Gasteiger charge is -2.23. The predicted molar refractivity (Wildman–Crippen MR) is 243 cm³/mol. The molecule has 0 aliphatic heterocycles. The lowest BCUT2D eigenvalue weighted by atomic mass is 10.1. The highest BCUT2D eigenvalue weighted by molar-refractivity contribution is 7.99. The minimum atomic E-state index is -4.55. The molecule has 0 heterocycles. The molecule has 0 fully saturated rings. The molecular weight excluding hydrogens is 949 g/mol. The number of hydrogen-bond donors (Lipinski definition) is 4. The number of carbonyl (C=O) groups is 3. The lowest BCUT2D eigenvalue weighted by Crippen LogP contribution is -2.44. The van der Waals surface area contributed by atoms with Crippen LogP contribution < -0.4 is 29.6 Å². The fourth-order valence-corrected chi connectivity index (χ4v) is 10.3. The Kier molecular flexibility index (Phi) is 18.3. The number of aliphatic hydroxyl groups excluding tert-OH is 2. The van der Waals surface area contributed by atoms with Crippen molar-refractivity contribution in [1.29, 1.82) is 0 Å². The van der Waals surface area contributed by atoms with Gasteiger partial charge in [0, 0.05) is 46.9 Å². The molecule has 21 nitrogen and oxygen atoms in total. The molecule has 4 rings (SSSR count). The molecule has 0 aromatic heterocycles. The van der Waals surface area contributed by atoms with E-state index in [4.69, 9.17) is 18.9 Å². The summed E-state index contributed by atoms with van der Waals surface area (Å²) in [6.45, 7) is 4.40. The van der Waals surface area contributed by atoms with Crippen LogP contribution in [0.5, 0.6) is 23.0 Å². The Morgan fingerprint density at radius 2 is 0.939 bits per heavy atom. The topological polar surface area (TPSA) is 307 Å². The first-order valence-corrected chi connectivity index (χ1v) is 24.7. The van der Waals surface area contributed by atoms with Crippen molar-refractivity contribution in [1.82, 2.24) is 10.6 Å². The Hall–Kier alpha value is -5.99. The van der Waals surface area contributed by atoms with Crippen molar-refractivity contribution in [2.24, 2.45) is 0 Å². The maximum absolute atomic E-state index is 13.8. The Balaban J connectivity index is 1.51. The van der Waals surface area contributed by atoms with Gasteiger partial charge in [0.15, 0.2) is 30.5 Å². The SMILES string of the molecule is COc1ccc(CSC(O)C(=O)NC(C)S(=O)(=O)C(C)c2cc([N+](=O)[O-])ccc2OC(=O)Oc2ccc([N+](=O)[O-])cc2C(C)S(=O)(=O)C(C)NC(=O)C(O)SCc2ccc(OC)cc2)cc1. The van der Waals surface area contributed by atoms with Crippen molar-refractivity contribution < 1.29 is 70.2 Å². The van der Waals surface area contributed by atoms with E-state index in [0.717, 1.165) is 98.7 Å². The number of carbonyl (C=O) groups excluding carboxylic acids is 3. The molecule has 0 aliphatic carbocycles. The number of nitrogens with zero attached hydrogens (tertiary/aromatic N) is 2. The molecule has 66 heavy (non-hydrogen) atoms. The summed E-state index contributed by atoms with van der Waals surface area (Å²) in [5.74, 6) is -1.73. The van der Waals surface area contributed by atoms with E-state index in [2.05, 4.69) is 10.6 Å². The van der Waals surface area contributed by atoms with Gasteiger partial charge in [0.05, 0.1) is 34.6 Å². The van der Waals surface area contributed by atoms with E-state index in [9.17, 15) is 61.7 Å². The molecule has 0 spiro atoms. The number of aliphatic hydroxyl groups is 2. The van der Waals surface area contributed by atoms with Crippen molar-refractivity contribution in [2.45, 2.75) is 71.3 Å². The normalized spacial score (nSPS) is 14.3. The minimum absolute atomic E-state index is 0.172. The maximum Gasteiger partial charge on any atom is 0.519 e. The van der Waals surface area contributed by atoms with E-state index in [0.29, 0.717) is 11.5 Å². The summed E-state index contributed by atoms with van der Waals surface area (Å²) in [5, 5.41) is 42.0. The number of methoxy groups -OCH3 is 2. The first-order chi connectivity index (χ1) is 31.0. The number of ether oxygens (including phenoxy) is 4. The Bertz CT molecular complexity index is 2460. The van der Waals surface area contributed by atoms with Gasteiger partial charge in [-0.2, -0.15) is 0 Å². The largest absolute Gasteiger partial charge is 0.519 e. The molecule has 0 saturated carbocycles. The molecule has 0 aliphatic rings. The summed E-state index contributed by atoms with van der Waals surface area (Å²) in [6.07, 6.45) is -1.63. The summed E-state index contributed by atoms with van der Waals surface area (Å²) in [6, 6.07) is 18.8. The number of nitrogens with one attached hydrogen (secondary N) is 2. The highest BCUT2D eigenvalue weighted by Gasteiger charge is 2.37. The summed E-state index contributed by atoms with van der Waals surface area (Å²) in [4.78, 5) is 60.9. The molecule has 4 aromatic carbocycles. The Labute approximate surface area is 387 Å². The lowest BCUT2D eigenvalue weighted by molar-refractivity contribution is -0.385. The summed E-state index contributed by atoms with van der Waals surface area (Å²) < 4.78 is 76.0. The average Bonchev–Trinajstić information content (AvgIpc) is 3.29. The van der Waals surface area contributed by atoms with Gasteiger partial charge in [0.25, 0.3) is 23.2 Å². The van der Waals surface area contributed by atoms with Crippen molar-refractivity contribution in [3.63, 3.8) is 0 Å². The molecule has 4 aromatic rings. The zero-order valence-electron chi connectivity index (χ0n) is 36.0. The number of sulfone groups is 2. The van der Waals surface area contributed by atoms with Crippen LogP contribution in [0.3, 0.4) is 0 Å². The summed E-state index contributed by atoms with van der Waals surface area (Å²) in [7, 11) is -6.11. The van der Waals surface area contributed by atoms with Crippen molar-refractivity contribution >= 4 is 72.5 Å². The summed E-state index contributed by atoms with van der Waals surface area (Å²) >= 11 is 1.60. The molecule has 356 valence electrons. The molecule has 0 radical (unpaired) electrons. The van der Waals surface area contributed by atoms with Gasteiger partial charge in [-0.05, 0) is 75.2 Å². The third-order valence-corrected chi connectivity index (χ3v) is 16.7. The highest BCUT2D eigenvalue weighted by atomic mass is 32.2. The monoisotopic (exact) mass is 994 g/mol. The Morgan fingerprint density at radius 1 is 0.606 bits per heavy atom. The van der Waals surface area contributed by atoms with Crippen molar-refractivity contribution in [3.05, 3.63) is 127 Å². The van der Waals surface area contributed by atoms with Crippen LogP contribution in [0.25, 0.3) is 0 Å². The van der Waals surface area contributed by atoms with Crippen LogP contribution in [-0.4, -0.2) is 90.7 Å². The standard InChI is InChI=1S/C41H46N4O17S4/c1-23(65(55,56)25(3)42-37(46)39(48)63-21-27-7-13-31(59-5)14-8-27)33-19-29(44(51)52)11-17-35(33)61-41(50)62-36-18-12-30(45(53)54)20-34(36)24(2)66(57,58)26(4)43-38(47)40(49)64-22-28-9-15-32(60-6)16-10-28/h7-20,23-26,39-40,48-49H,21-22H2,1-6H3,(H,42,46)(H,43,47). The second kappa shape index (κ2) is 23.0. The predicted octanol–water partition coefficient (Wildman–Crippen LogP) is 5.48. The van der Waals surface area contributed by atoms with Crippen LogP contribution >= 0.6 is 23.5 Å². The van der Waals surface area contributed by atoms with Gasteiger partial charge in [-0.3, -0.25) is 29.8 Å².